The summed E-state index contributed by atoms with van der Waals surface area (Å²) in [5.74, 6) is 0. The largest absolute Gasteiger partial charge is 0.385 e. The quantitative estimate of drug-likeness (QED) is 0.558. The molecule has 0 bridgehead atoms. The van der Waals surface area contributed by atoms with Crippen LogP contribution in [-0.2, 0) is 22.6 Å². The molecule has 7 heteroatoms. The topological polar surface area (TPSA) is 78.4 Å². The second kappa shape index (κ2) is 9.85. The Morgan fingerprint density at radius 2 is 2.05 bits per heavy atom. The second-order valence-electron chi connectivity index (χ2n) is 4.38. The number of rotatable bonds is 11. The van der Waals surface area contributed by atoms with Gasteiger partial charge in [0.05, 0.1) is 18.8 Å². The summed E-state index contributed by atoms with van der Waals surface area (Å²) in [6.45, 7) is 5.37. The van der Waals surface area contributed by atoms with Crippen molar-refractivity contribution in [1.29, 1.82) is 0 Å². The third-order valence-electron chi connectivity index (χ3n) is 2.76. The number of hydrogen-bond acceptors (Lipinski definition) is 6. The van der Waals surface area contributed by atoms with Gasteiger partial charge in [0.25, 0.3) is 0 Å². The predicted octanol–water partition coefficient (Wildman–Crippen LogP) is -0.278. The number of methoxy groups -OCH3 is 2. The van der Waals surface area contributed by atoms with Gasteiger partial charge < -0.3 is 15.2 Å². The van der Waals surface area contributed by atoms with Crippen LogP contribution in [0.25, 0.3) is 0 Å². The Hall–Kier alpha value is -1.02. The van der Waals surface area contributed by atoms with E-state index in [4.69, 9.17) is 15.2 Å². The molecule has 1 aromatic heterocycles. The van der Waals surface area contributed by atoms with E-state index in [1.807, 2.05) is 6.20 Å². The Kier molecular flexibility index (Phi) is 8.31. The maximum Gasteiger partial charge on any atom is 0.0967 e. The molecule has 0 saturated heterocycles. The van der Waals surface area contributed by atoms with Crippen LogP contribution < -0.4 is 5.73 Å². The monoisotopic (exact) mass is 271 g/mol. The summed E-state index contributed by atoms with van der Waals surface area (Å²) in [4.78, 5) is 2.29. The molecule has 19 heavy (non-hydrogen) atoms. The zero-order valence-electron chi connectivity index (χ0n) is 11.9. The molecule has 0 radical (unpaired) electrons. The van der Waals surface area contributed by atoms with E-state index in [0.717, 1.165) is 38.4 Å². The van der Waals surface area contributed by atoms with Crippen molar-refractivity contribution in [3.05, 3.63) is 11.9 Å². The van der Waals surface area contributed by atoms with Gasteiger partial charge in [-0.15, -0.1) is 5.10 Å². The minimum atomic E-state index is 0.573. The summed E-state index contributed by atoms with van der Waals surface area (Å²) < 4.78 is 12.0. The molecule has 0 aliphatic heterocycles. The van der Waals surface area contributed by atoms with Crippen molar-refractivity contribution in [3.63, 3.8) is 0 Å². The van der Waals surface area contributed by atoms with Gasteiger partial charge in [-0.25, -0.2) is 0 Å². The molecule has 110 valence electrons. The second-order valence-corrected chi connectivity index (χ2v) is 4.38. The van der Waals surface area contributed by atoms with E-state index in [0.29, 0.717) is 19.7 Å². The fourth-order valence-electron chi connectivity index (χ4n) is 1.80. The van der Waals surface area contributed by atoms with Crippen LogP contribution in [0, 0.1) is 0 Å². The first-order valence-electron chi connectivity index (χ1n) is 6.59. The van der Waals surface area contributed by atoms with E-state index in [1.54, 1.807) is 18.9 Å². The predicted molar refractivity (Wildman–Crippen MR) is 72.7 cm³/mol. The van der Waals surface area contributed by atoms with Crippen molar-refractivity contribution in [1.82, 2.24) is 19.9 Å². The van der Waals surface area contributed by atoms with Gasteiger partial charge in [0.2, 0.25) is 0 Å². The number of aromatic nitrogens is 3. The molecule has 0 aliphatic rings. The first-order chi connectivity index (χ1) is 9.30. The molecule has 1 aromatic rings. The SMILES string of the molecule is COCCCN(CCOC)Cc1cn(CCN)nn1. The lowest BCUT2D eigenvalue weighted by molar-refractivity contribution is 0.128. The third-order valence-corrected chi connectivity index (χ3v) is 2.76. The maximum atomic E-state index is 5.49. The average Bonchev–Trinajstić information content (AvgIpc) is 2.84. The lowest BCUT2D eigenvalue weighted by Crippen LogP contribution is -2.29. The van der Waals surface area contributed by atoms with Crippen LogP contribution in [0.1, 0.15) is 12.1 Å². The molecule has 0 amide bonds. The summed E-state index contributed by atoms with van der Waals surface area (Å²) in [6.07, 6.45) is 2.94. The summed E-state index contributed by atoms with van der Waals surface area (Å²) in [5, 5.41) is 8.19. The van der Waals surface area contributed by atoms with E-state index >= 15 is 0 Å². The highest BCUT2D eigenvalue weighted by atomic mass is 16.5. The van der Waals surface area contributed by atoms with Crippen LogP contribution >= 0.6 is 0 Å². The molecule has 0 aliphatic carbocycles. The molecule has 0 aromatic carbocycles. The van der Waals surface area contributed by atoms with Crippen molar-refractivity contribution in [2.24, 2.45) is 5.73 Å². The molecular weight excluding hydrogens is 246 g/mol. The molecule has 1 heterocycles. The molecular formula is C12H25N5O2. The maximum absolute atomic E-state index is 5.49. The van der Waals surface area contributed by atoms with E-state index in [9.17, 15) is 0 Å². The number of nitrogens with zero attached hydrogens (tertiary/aromatic N) is 4. The normalized spacial score (nSPS) is 11.4. The van der Waals surface area contributed by atoms with Crippen molar-refractivity contribution < 1.29 is 9.47 Å². The van der Waals surface area contributed by atoms with Gasteiger partial charge in [0.15, 0.2) is 0 Å². The van der Waals surface area contributed by atoms with E-state index in [-0.39, 0.29) is 0 Å². The van der Waals surface area contributed by atoms with E-state index < -0.39 is 0 Å². The summed E-state index contributed by atoms with van der Waals surface area (Å²) in [6, 6.07) is 0. The Balaban J connectivity index is 2.43. The number of ether oxygens (including phenoxy) is 2. The highest BCUT2D eigenvalue weighted by Crippen LogP contribution is 2.02. The Bertz CT molecular complexity index is 332. The minimum absolute atomic E-state index is 0.573. The van der Waals surface area contributed by atoms with Crippen LogP contribution in [0.3, 0.4) is 0 Å². The minimum Gasteiger partial charge on any atom is -0.385 e. The number of nitrogens with two attached hydrogens (primary N) is 1. The summed E-state index contributed by atoms with van der Waals surface area (Å²) >= 11 is 0. The average molecular weight is 271 g/mol. The van der Waals surface area contributed by atoms with Gasteiger partial charge in [-0.3, -0.25) is 9.58 Å². The fraction of sp³-hybridized carbons (Fsp3) is 0.833. The lowest BCUT2D eigenvalue weighted by atomic mass is 10.3. The van der Waals surface area contributed by atoms with Crippen molar-refractivity contribution in [3.8, 4) is 0 Å². The zero-order valence-corrected chi connectivity index (χ0v) is 11.9. The molecule has 0 atom stereocenters. The lowest BCUT2D eigenvalue weighted by Gasteiger charge is -2.20. The van der Waals surface area contributed by atoms with Crippen LogP contribution in [0.4, 0.5) is 0 Å². The molecule has 1 rings (SSSR count). The Morgan fingerprint density at radius 3 is 2.74 bits per heavy atom. The van der Waals surface area contributed by atoms with Crippen LogP contribution in [0.5, 0.6) is 0 Å². The molecule has 0 fully saturated rings. The molecule has 0 spiro atoms. The van der Waals surface area contributed by atoms with Gasteiger partial charge in [0.1, 0.15) is 0 Å². The molecule has 2 N–H and O–H groups in total. The van der Waals surface area contributed by atoms with E-state index in [1.165, 1.54) is 0 Å². The van der Waals surface area contributed by atoms with Gasteiger partial charge in [-0.2, -0.15) is 0 Å². The number of hydrogen-bond donors (Lipinski definition) is 1. The third kappa shape index (κ3) is 6.63. The smallest absolute Gasteiger partial charge is 0.0967 e. The molecule has 7 nitrogen and oxygen atoms in total. The Labute approximate surface area is 114 Å². The van der Waals surface area contributed by atoms with Gasteiger partial charge in [-0.1, -0.05) is 5.21 Å². The van der Waals surface area contributed by atoms with Gasteiger partial charge in [0, 0.05) is 53.2 Å². The Morgan fingerprint density at radius 1 is 1.26 bits per heavy atom. The van der Waals surface area contributed by atoms with Crippen LogP contribution in [0.2, 0.25) is 0 Å². The van der Waals surface area contributed by atoms with Gasteiger partial charge >= 0.3 is 0 Å². The molecule has 0 saturated carbocycles. The van der Waals surface area contributed by atoms with Crippen molar-refractivity contribution in [2.75, 3.05) is 47.1 Å². The van der Waals surface area contributed by atoms with Crippen molar-refractivity contribution >= 4 is 0 Å². The standard InChI is InChI=1S/C12H25N5O2/c1-18-8-3-5-16(7-9-19-2)10-12-11-17(6-4-13)15-14-12/h11H,3-10,13H2,1-2H3. The van der Waals surface area contributed by atoms with Crippen LogP contribution in [-0.4, -0.2) is 67.0 Å². The van der Waals surface area contributed by atoms with E-state index in [2.05, 4.69) is 15.2 Å². The first-order valence-corrected chi connectivity index (χ1v) is 6.59. The molecule has 0 unspecified atom stereocenters. The zero-order chi connectivity index (χ0) is 13.9. The first kappa shape index (κ1) is 16.0. The summed E-state index contributed by atoms with van der Waals surface area (Å²) in [5.41, 5.74) is 6.45. The van der Waals surface area contributed by atoms with Crippen molar-refractivity contribution in [2.45, 2.75) is 19.5 Å². The fourth-order valence-corrected chi connectivity index (χ4v) is 1.80. The highest BCUT2D eigenvalue weighted by Gasteiger charge is 2.08. The summed E-state index contributed by atoms with van der Waals surface area (Å²) in [7, 11) is 3.43. The van der Waals surface area contributed by atoms with Crippen LogP contribution in [0.15, 0.2) is 6.20 Å². The van der Waals surface area contributed by atoms with Gasteiger partial charge in [-0.05, 0) is 6.42 Å². The highest BCUT2D eigenvalue weighted by molar-refractivity contribution is 4.92.